The zero-order chi connectivity index (χ0) is 20.8. The summed E-state index contributed by atoms with van der Waals surface area (Å²) in [7, 11) is 0. The van der Waals surface area contributed by atoms with E-state index in [2.05, 4.69) is 20.7 Å². The Balaban J connectivity index is 2.18. The third-order valence-electron chi connectivity index (χ3n) is 4.01. The van der Waals surface area contributed by atoms with Gasteiger partial charge in [-0.3, -0.25) is 10.1 Å². The van der Waals surface area contributed by atoms with Gasteiger partial charge < -0.3 is 10.1 Å². The molecule has 0 saturated carbocycles. The van der Waals surface area contributed by atoms with Crippen molar-refractivity contribution in [2.24, 2.45) is 0 Å². The topological polar surface area (TPSA) is 115 Å². The highest BCUT2D eigenvalue weighted by atomic mass is 16.5. The molecule has 0 aromatic carbocycles. The Labute approximate surface area is 163 Å². The number of ether oxygens (including phenoxy) is 1. The van der Waals surface area contributed by atoms with Gasteiger partial charge in [0.2, 0.25) is 0 Å². The Morgan fingerprint density at radius 3 is 2.54 bits per heavy atom. The number of aromatic nitrogens is 3. The van der Waals surface area contributed by atoms with Gasteiger partial charge in [0.1, 0.15) is 0 Å². The highest BCUT2D eigenvalue weighted by molar-refractivity contribution is 6.03. The SMILES string of the molecule is CCCNC(=O)NC(=O)COC(=O)c1cc(C(C)C)nc2c1cnn2C(C)C. The van der Waals surface area contributed by atoms with E-state index in [1.54, 1.807) is 16.9 Å². The summed E-state index contributed by atoms with van der Waals surface area (Å²) in [5.74, 6) is -1.27. The van der Waals surface area contributed by atoms with Crippen molar-refractivity contribution in [3.8, 4) is 0 Å². The Morgan fingerprint density at radius 1 is 1.21 bits per heavy atom. The Hall–Kier alpha value is -2.97. The molecule has 0 spiro atoms. The first kappa shape index (κ1) is 21.3. The minimum absolute atomic E-state index is 0.0729. The fourth-order valence-electron chi connectivity index (χ4n) is 2.53. The molecule has 0 unspecified atom stereocenters. The molecule has 0 radical (unpaired) electrons. The van der Waals surface area contributed by atoms with Crippen LogP contribution in [0.25, 0.3) is 11.0 Å². The molecule has 2 heterocycles. The molecule has 0 aliphatic rings. The van der Waals surface area contributed by atoms with Gasteiger partial charge in [-0.25, -0.2) is 19.3 Å². The number of nitrogens with zero attached hydrogens (tertiary/aromatic N) is 3. The molecule has 2 rings (SSSR count). The fraction of sp³-hybridized carbons (Fsp3) is 0.526. The second-order valence-electron chi connectivity index (χ2n) is 7.05. The predicted octanol–water partition coefficient (Wildman–Crippen LogP) is 2.53. The number of esters is 1. The fourth-order valence-corrected chi connectivity index (χ4v) is 2.53. The number of pyridine rings is 1. The minimum atomic E-state index is -0.700. The summed E-state index contributed by atoms with van der Waals surface area (Å²) >= 11 is 0. The normalized spacial score (nSPS) is 11.1. The summed E-state index contributed by atoms with van der Waals surface area (Å²) in [6.07, 6.45) is 2.32. The molecule has 0 fully saturated rings. The molecule has 28 heavy (non-hydrogen) atoms. The van der Waals surface area contributed by atoms with Crippen LogP contribution < -0.4 is 10.6 Å². The second kappa shape index (κ2) is 9.29. The van der Waals surface area contributed by atoms with Gasteiger partial charge in [0.05, 0.1) is 17.1 Å². The van der Waals surface area contributed by atoms with Crippen LogP contribution in [-0.4, -0.2) is 45.8 Å². The van der Waals surface area contributed by atoms with Gasteiger partial charge in [-0.1, -0.05) is 20.8 Å². The van der Waals surface area contributed by atoms with Crippen molar-refractivity contribution in [2.75, 3.05) is 13.2 Å². The summed E-state index contributed by atoms with van der Waals surface area (Å²) in [5, 5.41) is 9.50. The van der Waals surface area contributed by atoms with Crippen LogP contribution in [0.15, 0.2) is 12.3 Å². The van der Waals surface area contributed by atoms with E-state index in [9.17, 15) is 14.4 Å². The molecule has 3 amide bonds. The molecule has 2 N–H and O–H groups in total. The van der Waals surface area contributed by atoms with Crippen molar-refractivity contribution in [1.82, 2.24) is 25.4 Å². The summed E-state index contributed by atoms with van der Waals surface area (Å²) in [4.78, 5) is 40.5. The molecule has 9 heteroatoms. The molecule has 2 aromatic heterocycles. The van der Waals surface area contributed by atoms with Crippen LogP contribution in [0.5, 0.6) is 0 Å². The third kappa shape index (κ3) is 5.05. The summed E-state index contributed by atoms with van der Waals surface area (Å²) in [6.45, 7) is 9.68. The first-order valence-corrected chi connectivity index (χ1v) is 9.37. The lowest BCUT2D eigenvalue weighted by Crippen LogP contribution is -2.41. The van der Waals surface area contributed by atoms with Crippen LogP contribution in [0.3, 0.4) is 0 Å². The number of imide groups is 1. The molecular weight excluding hydrogens is 362 g/mol. The van der Waals surface area contributed by atoms with Crippen LogP contribution >= 0.6 is 0 Å². The van der Waals surface area contributed by atoms with E-state index < -0.39 is 24.5 Å². The number of amides is 3. The molecule has 9 nitrogen and oxygen atoms in total. The molecule has 152 valence electrons. The number of rotatable bonds is 7. The highest BCUT2D eigenvalue weighted by Gasteiger charge is 2.21. The van der Waals surface area contributed by atoms with Gasteiger partial charge >= 0.3 is 12.0 Å². The summed E-state index contributed by atoms with van der Waals surface area (Å²) < 4.78 is 6.85. The van der Waals surface area contributed by atoms with Gasteiger partial charge in [-0.15, -0.1) is 0 Å². The van der Waals surface area contributed by atoms with Crippen molar-refractivity contribution >= 4 is 28.9 Å². The van der Waals surface area contributed by atoms with E-state index in [1.165, 1.54) is 0 Å². The van der Waals surface area contributed by atoms with Gasteiger partial charge in [0, 0.05) is 18.3 Å². The summed E-state index contributed by atoms with van der Waals surface area (Å²) in [5.41, 5.74) is 1.62. The third-order valence-corrected chi connectivity index (χ3v) is 4.01. The van der Waals surface area contributed by atoms with Crippen LogP contribution in [0.1, 0.15) is 69.1 Å². The number of carbonyl (C=O) groups is 3. The van der Waals surface area contributed by atoms with Gasteiger partial charge in [-0.05, 0) is 32.3 Å². The molecule has 2 aromatic rings. The quantitative estimate of drug-likeness (QED) is 0.703. The van der Waals surface area contributed by atoms with Crippen molar-refractivity contribution in [3.05, 3.63) is 23.5 Å². The lowest BCUT2D eigenvalue weighted by atomic mass is 10.1. The number of hydrogen-bond acceptors (Lipinski definition) is 6. The van der Waals surface area contributed by atoms with E-state index in [0.717, 1.165) is 12.1 Å². The van der Waals surface area contributed by atoms with Gasteiger partial charge in [-0.2, -0.15) is 5.10 Å². The average Bonchev–Trinajstić information content (AvgIpc) is 3.07. The van der Waals surface area contributed by atoms with Crippen molar-refractivity contribution in [3.63, 3.8) is 0 Å². The lowest BCUT2D eigenvalue weighted by Gasteiger charge is -2.12. The molecule has 0 saturated heterocycles. The maximum Gasteiger partial charge on any atom is 0.339 e. The smallest absolute Gasteiger partial charge is 0.339 e. The second-order valence-corrected chi connectivity index (χ2v) is 7.05. The molecule has 0 aliphatic carbocycles. The molecular formula is C19H27N5O4. The number of hydrogen-bond donors (Lipinski definition) is 2. The van der Waals surface area contributed by atoms with Crippen LogP contribution in [0.4, 0.5) is 4.79 Å². The van der Waals surface area contributed by atoms with Crippen LogP contribution in [0, 0.1) is 0 Å². The predicted molar refractivity (Wildman–Crippen MR) is 104 cm³/mol. The molecule has 0 aliphatic heterocycles. The first-order valence-electron chi connectivity index (χ1n) is 9.37. The zero-order valence-corrected chi connectivity index (χ0v) is 16.9. The number of carbonyl (C=O) groups excluding carboxylic acids is 3. The standard InChI is InChI=1S/C19H27N5O4/c1-6-7-20-19(27)23-16(25)10-28-18(26)13-8-15(11(2)3)22-17-14(13)9-21-24(17)12(4)5/h8-9,11-12H,6-7,10H2,1-5H3,(H2,20,23,25,27). The van der Waals surface area contributed by atoms with E-state index >= 15 is 0 Å². The van der Waals surface area contributed by atoms with E-state index in [4.69, 9.17) is 4.74 Å². The van der Waals surface area contributed by atoms with E-state index in [0.29, 0.717) is 23.1 Å². The largest absolute Gasteiger partial charge is 0.452 e. The Morgan fingerprint density at radius 2 is 1.93 bits per heavy atom. The first-order chi connectivity index (χ1) is 13.2. The number of urea groups is 1. The van der Waals surface area contributed by atoms with Crippen LogP contribution in [0.2, 0.25) is 0 Å². The average molecular weight is 389 g/mol. The van der Waals surface area contributed by atoms with Gasteiger partial charge in [0.15, 0.2) is 12.3 Å². The minimum Gasteiger partial charge on any atom is -0.452 e. The van der Waals surface area contributed by atoms with E-state index in [-0.39, 0.29) is 12.0 Å². The number of fused-ring (bicyclic) bond motifs is 1. The number of nitrogens with one attached hydrogen (secondary N) is 2. The zero-order valence-electron chi connectivity index (χ0n) is 16.9. The Bertz CT molecular complexity index is 873. The Kier molecular flexibility index (Phi) is 7.08. The van der Waals surface area contributed by atoms with E-state index in [1.807, 2.05) is 34.6 Å². The van der Waals surface area contributed by atoms with Crippen LogP contribution in [-0.2, 0) is 9.53 Å². The maximum atomic E-state index is 12.6. The summed E-state index contributed by atoms with van der Waals surface area (Å²) in [6, 6.07) is 1.12. The highest BCUT2D eigenvalue weighted by Crippen LogP contribution is 2.24. The van der Waals surface area contributed by atoms with Crippen molar-refractivity contribution < 1.29 is 19.1 Å². The van der Waals surface area contributed by atoms with Gasteiger partial charge in [0.25, 0.3) is 5.91 Å². The molecule has 0 bridgehead atoms. The maximum absolute atomic E-state index is 12.6. The van der Waals surface area contributed by atoms with Crippen molar-refractivity contribution in [2.45, 2.75) is 53.0 Å². The lowest BCUT2D eigenvalue weighted by molar-refractivity contribution is -0.123. The van der Waals surface area contributed by atoms with Crippen molar-refractivity contribution in [1.29, 1.82) is 0 Å². The molecule has 0 atom stereocenters. The monoisotopic (exact) mass is 389 g/mol.